The monoisotopic (exact) mass is 267 g/mol. The second kappa shape index (κ2) is 5.82. The van der Waals surface area contributed by atoms with E-state index in [0.717, 1.165) is 6.42 Å². The van der Waals surface area contributed by atoms with Crippen LogP contribution in [0, 0.1) is 17.8 Å². The second-order valence-corrected chi connectivity index (χ2v) is 6.00. The lowest BCUT2D eigenvalue weighted by Gasteiger charge is -2.31. The number of hydrogen-bond acceptors (Lipinski definition) is 4. The van der Waals surface area contributed by atoms with Crippen LogP contribution in [0.3, 0.4) is 0 Å². The maximum atomic E-state index is 11.8. The van der Waals surface area contributed by atoms with Crippen LogP contribution in [0.15, 0.2) is 0 Å². The van der Waals surface area contributed by atoms with E-state index in [0.29, 0.717) is 25.2 Å². The Morgan fingerprint density at radius 3 is 2.53 bits per heavy atom. The van der Waals surface area contributed by atoms with E-state index in [-0.39, 0.29) is 42.3 Å². The van der Waals surface area contributed by atoms with E-state index in [9.17, 15) is 19.5 Å². The molecule has 5 nitrogen and oxygen atoms in total. The first-order valence-electron chi connectivity index (χ1n) is 6.99. The Morgan fingerprint density at radius 1 is 1.26 bits per heavy atom. The summed E-state index contributed by atoms with van der Waals surface area (Å²) >= 11 is 0. The van der Waals surface area contributed by atoms with Gasteiger partial charge in [0, 0.05) is 25.2 Å². The first kappa shape index (κ1) is 14.2. The minimum absolute atomic E-state index is 0.122. The fourth-order valence-electron chi connectivity index (χ4n) is 3.16. The maximum Gasteiger partial charge on any atom is 0.226 e. The average molecular weight is 267 g/mol. The zero-order valence-electron chi connectivity index (χ0n) is 11.2. The fourth-order valence-corrected chi connectivity index (χ4v) is 3.16. The van der Waals surface area contributed by atoms with Gasteiger partial charge in [0.25, 0.3) is 0 Å². The van der Waals surface area contributed by atoms with Crippen LogP contribution < -0.4 is 5.32 Å². The molecule has 106 valence electrons. The van der Waals surface area contributed by atoms with Crippen LogP contribution in [0.2, 0.25) is 0 Å². The summed E-state index contributed by atoms with van der Waals surface area (Å²) in [5, 5.41) is 12.5. The number of carbonyl (C=O) groups is 3. The molecule has 19 heavy (non-hydrogen) atoms. The van der Waals surface area contributed by atoms with Gasteiger partial charge in [-0.25, -0.2) is 0 Å². The van der Waals surface area contributed by atoms with Gasteiger partial charge in [0.15, 0.2) is 0 Å². The number of hydrogen-bond donors (Lipinski definition) is 2. The van der Waals surface area contributed by atoms with Gasteiger partial charge in [-0.15, -0.1) is 0 Å². The Balaban J connectivity index is 1.92. The summed E-state index contributed by atoms with van der Waals surface area (Å²) < 4.78 is 0. The first-order chi connectivity index (χ1) is 8.95. The van der Waals surface area contributed by atoms with Gasteiger partial charge in [-0.2, -0.15) is 0 Å². The summed E-state index contributed by atoms with van der Waals surface area (Å²) in [7, 11) is 0. The van der Waals surface area contributed by atoms with Crippen LogP contribution in [0.1, 0.15) is 45.4 Å². The smallest absolute Gasteiger partial charge is 0.226 e. The molecule has 2 rings (SSSR count). The third kappa shape index (κ3) is 3.62. The fraction of sp³-hybridized carbons (Fsp3) is 0.786. The normalized spacial score (nSPS) is 31.2. The summed E-state index contributed by atoms with van der Waals surface area (Å²) in [6, 6.07) is 0. The highest BCUT2D eigenvalue weighted by molar-refractivity contribution is 5.97. The molecular weight excluding hydrogens is 246 g/mol. The summed E-state index contributed by atoms with van der Waals surface area (Å²) in [5.74, 6) is -0.440. The van der Waals surface area contributed by atoms with Gasteiger partial charge in [0.2, 0.25) is 11.8 Å². The number of ketones is 1. The molecule has 5 heteroatoms. The molecule has 3 atom stereocenters. The zero-order chi connectivity index (χ0) is 14.0. The van der Waals surface area contributed by atoms with E-state index in [1.165, 1.54) is 0 Å². The Bertz CT molecular complexity index is 377. The SMILES string of the molecule is C[C@H]1CCC(=O)[C@H]([C@H](O)CC2CC(=O)NC(=O)C2)C1. The summed E-state index contributed by atoms with van der Waals surface area (Å²) in [4.78, 5) is 34.4. The van der Waals surface area contributed by atoms with Crippen molar-refractivity contribution in [2.24, 2.45) is 17.8 Å². The number of piperidine rings is 1. The number of carbonyl (C=O) groups excluding carboxylic acids is 3. The molecule has 2 N–H and O–H groups in total. The molecule has 0 spiro atoms. The largest absolute Gasteiger partial charge is 0.392 e. The minimum Gasteiger partial charge on any atom is -0.392 e. The summed E-state index contributed by atoms with van der Waals surface area (Å²) in [5.41, 5.74) is 0. The van der Waals surface area contributed by atoms with Crippen LogP contribution >= 0.6 is 0 Å². The molecule has 2 amide bonds. The lowest BCUT2D eigenvalue weighted by Crippen LogP contribution is -2.41. The van der Waals surface area contributed by atoms with Crippen LogP contribution in [0.4, 0.5) is 0 Å². The van der Waals surface area contributed by atoms with Gasteiger partial charge in [0.1, 0.15) is 5.78 Å². The first-order valence-corrected chi connectivity index (χ1v) is 6.99. The van der Waals surface area contributed by atoms with Crippen molar-refractivity contribution >= 4 is 17.6 Å². The molecule has 0 aromatic carbocycles. The van der Waals surface area contributed by atoms with Gasteiger partial charge in [-0.1, -0.05) is 6.92 Å². The van der Waals surface area contributed by atoms with Gasteiger partial charge >= 0.3 is 0 Å². The van der Waals surface area contributed by atoms with Crippen molar-refractivity contribution in [3.8, 4) is 0 Å². The van der Waals surface area contributed by atoms with Gasteiger partial charge in [-0.05, 0) is 31.1 Å². The van der Waals surface area contributed by atoms with Crippen molar-refractivity contribution in [3.63, 3.8) is 0 Å². The molecule has 2 fully saturated rings. The van der Waals surface area contributed by atoms with Crippen molar-refractivity contribution in [1.82, 2.24) is 5.32 Å². The van der Waals surface area contributed by atoms with E-state index in [1.54, 1.807) is 0 Å². The molecule has 0 radical (unpaired) electrons. The number of imide groups is 1. The molecular formula is C14H21NO4. The topological polar surface area (TPSA) is 83.5 Å². The van der Waals surface area contributed by atoms with E-state index in [1.807, 2.05) is 0 Å². The number of aliphatic hydroxyl groups excluding tert-OH is 1. The molecule has 0 aromatic rings. The zero-order valence-corrected chi connectivity index (χ0v) is 11.2. The van der Waals surface area contributed by atoms with Crippen molar-refractivity contribution in [2.75, 3.05) is 0 Å². The molecule has 1 saturated heterocycles. The lowest BCUT2D eigenvalue weighted by molar-refractivity contribution is -0.135. The predicted octanol–water partition coefficient (Wildman–Crippen LogP) is 0.795. The third-order valence-electron chi connectivity index (χ3n) is 4.22. The predicted molar refractivity (Wildman–Crippen MR) is 68.0 cm³/mol. The van der Waals surface area contributed by atoms with E-state index >= 15 is 0 Å². The van der Waals surface area contributed by atoms with Crippen molar-refractivity contribution in [3.05, 3.63) is 0 Å². The second-order valence-electron chi connectivity index (χ2n) is 6.00. The van der Waals surface area contributed by atoms with Crippen molar-refractivity contribution < 1.29 is 19.5 Å². The van der Waals surface area contributed by atoms with Gasteiger partial charge < -0.3 is 5.11 Å². The molecule has 1 aliphatic heterocycles. The molecule has 0 unspecified atom stereocenters. The summed E-state index contributed by atoms with van der Waals surface area (Å²) in [6.07, 6.45) is 2.31. The minimum atomic E-state index is -0.723. The van der Waals surface area contributed by atoms with E-state index in [2.05, 4.69) is 12.2 Å². The lowest BCUT2D eigenvalue weighted by atomic mass is 9.76. The molecule has 1 heterocycles. The molecule has 2 aliphatic rings. The van der Waals surface area contributed by atoms with Crippen LogP contribution in [-0.4, -0.2) is 28.8 Å². The van der Waals surface area contributed by atoms with Crippen molar-refractivity contribution in [1.29, 1.82) is 0 Å². The highest BCUT2D eigenvalue weighted by atomic mass is 16.3. The third-order valence-corrected chi connectivity index (χ3v) is 4.22. The summed E-state index contributed by atoms with van der Waals surface area (Å²) in [6.45, 7) is 2.09. The van der Waals surface area contributed by atoms with E-state index in [4.69, 9.17) is 0 Å². The Kier molecular flexibility index (Phi) is 4.34. The molecule has 0 aromatic heterocycles. The molecule has 0 bridgehead atoms. The van der Waals surface area contributed by atoms with E-state index < -0.39 is 6.10 Å². The number of rotatable bonds is 3. The van der Waals surface area contributed by atoms with Crippen molar-refractivity contribution in [2.45, 2.75) is 51.6 Å². The average Bonchev–Trinajstić information content (AvgIpc) is 2.30. The quantitative estimate of drug-likeness (QED) is 0.741. The molecule has 1 aliphatic carbocycles. The van der Waals surface area contributed by atoms with Gasteiger partial charge in [0.05, 0.1) is 6.10 Å². The Morgan fingerprint density at radius 2 is 1.89 bits per heavy atom. The number of Topliss-reactive ketones (excluding diaryl/α,β-unsaturated/α-hetero) is 1. The number of aliphatic hydroxyl groups is 1. The van der Waals surface area contributed by atoms with Crippen LogP contribution in [0.25, 0.3) is 0 Å². The Hall–Kier alpha value is -1.23. The highest BCUT2D eigenvalue weighted by Crippen LogP contribution is 2.32. The number of amides is 2. The Labute approximate surface area is 112 Å². The van der Waals surface area contributed by atoms with Crippen LogP contribution in [-0.2, 0) is 14.4 Å². The van der Waals surface area contributed by atoms with Crippen LogP contribution in [0.5, 0.6) is 0 Å². The van der Waals surface area contributed by atoms with Gasteiger partial charge in [-0.3, -0.25) is 19.7 Å². The standard InChI is InChI=1S/C14H21NO4/c1-8-2-3-11(16)10(4-8)12(17)5-9-6-13(18)15-14(19)7-9/h8-10,12,17H,2-7H2,1H3,(H,15,18,19)/t8-,10+,12+/m0/s1. The number of nitrogens with one attached hydrogen (secondary N) is 1. The maximum absolute atomic E-state index is 11.8. The highest BCUT2D eigenvalue weighted by Gasteiger charge is 2.35. The molecule has 1 saturated carbocycles.